The minimum Gasteiger partial charge on any atom is -0.495 e. The fourth-order valence-corrected chi connectivity index (χ4v) is 2.50. The Balaban J connectivity index is 2.53. The molecule has 1 aromatic heterocycles. The molecule has 1 heterocycles. The molecule has 4 nitrogen and oxygen atoms in total. The fourth-order valence-electron chi connectivity index (χ4n) is 1.84. The molecule has 6 heteroatoms. The van der Waals surface area contributed by atoms with Crippen LogP contribution in [-0.4, -0.2) is 12.1 Å². The van der Waals surface area contributed by atoms with Crippen molar-refractivity contribution in [2.45, 2.75) is 6.04 Å². The lowest BCUT2D eigenvalue weighted by Gasteiger charge is -2.19. The van der Waals surface area contributed by atoms with E-state index in [0.717, 1.165) is 10.0 Å². The van der Waals surface area contributed by atoms with Gasteiger partial charge in [0.1, 0.15) is 11.4 Å². The van der Waals surface area contributed by atoms with E-state index in [1.165, 1.54) is 0 Å². The Bertz CT molecular complexity index is 580. The van der Waals surface area contributed by atoms with E-state index in [-0.39, 0.29) is 6.04 Å². The largest absolute Gasteiger partial charge is 0.495 e. The lowest BCUT2D eigenvalue weighted by Crippen LogP contribution is -2.30. The van der Waals surface area contributed by atoms with Gasteiger partial charge < -0.3 is 4.74 Å². The average Bonchev–Trinajstić information content (AvgIpc) is 2.44. The molecule has 1 unspecified atom stereocenters. The first-order chi connectivity index (χ1) is 9.17. The number of nitrogens with zero attached hydrogens (tertiary/aromatic N) is 1. The number of rotatable bonds is 4. The van der Waals surface area contributed by atoms with E-state index < -0.39 is 0 Å². The number of benzene rings is 1. The summed E-state index contributed by atoms with van der Waals surface area (Å²) in [7, 11) is 1.60. The topological polar surface area (TPSA) is 60.2 Å². The third-order valence-electron chi connectivity index (χ3n) is 2.73. The third-order valence-corrected chi connectivity index (χ3v) is 3.69. The van der Waals surface area contributed by atoms with Gasteiger partial charge in [0.05, 0.1) is 13.2 Å². The molecule has 1 atom stereocenters. The summed E-state index contributed by atoms with van der Waals surface area (Å²) in [6.45, 7) is 0. The molecule has 0 aliphatic heterocycles. The summed E-state index contributed by atoms with van der Waals surface area (Å²) < 4.78 is 6.21. The summed E-state index contributed by atoms with van der Waals surface area (Å²) in [6.07, 6.45) is 1.70. The number of aromatic nitrogens is 1. The maximum Gasteiger partial charge on any atom is 0.142 e. The molecular weight excluding hydrogens is 330 g/mol. The zero-order chi connectivity index (χ0) is 13.8. The number of halogens is 2. The normalized spacial score (nSPS) is 12.2. The summed E-state index contributed by atoms with van der Waals surface area (Å²) in [6, 6.07) is 8.85. The summed E-state index contributed by atoms with van der Waals surface area (Å²) in [5.74, 6) is 6.33. The number of hydrazine groups is 1. The first-order valence-corrected chi connectivity index (χ1v) is 6.74. The summed E-state index contributed by atoms with van der Waals surface area (Å²) >= 11 is 9.53. The average molecular weight is 343 g/mol. The van der Waals surface area contributed by atoms with E-state index in [1.807, 2.05) is 24.3 Å². The van der Waals surface area contributed by atoms with E-state index in [2.05, 4.69) is 26.3 Å². The van der Waals surface area contributed by atoms with Crippen LogP contribution in [0.4, 0.5) is 0 Å². The number of methoxy groups -OCH3 is 1. The lowest BCUT2D eigenvalue weighted by molar-refractivity contribution is 0.400. The Morgan fingerprint density at radius 1 is 1.42 bits per heavy atom. The maximum absolute atomic E-state index is 6.04. The van der Waals surface area contributed by atoms with Gasteiger partial charge in [0.15, 0.2) is 0 Å². The number of hydrogen-bond donors (Lipinski definition) is 2. The fraction of sp³-hybridized carbons (Fsp3) is 0.154. The quantitative estimate of drug-likeness (QED) is 0.662. The number of nitrogens with two attached hydrogens (primary N) is 1. The Labute approximate surface area is 125 Å². The van der Waals surface area contributed by atoms with Crippen molar-refractivity contribution in [1.29, 1.82) is 0 Å². The third kappa shape index (κ3) is 3.06. The second-order valence-electron chi connectivity index (χ2n) is 3.86. The standard InChI is InChI=1S/C13H13BrClN3O/c1-19-11-3-2-6-17-13(11)12(18-16)9-7-8(15)4-5-10(9)14/h2-7,12,18H,16H2,1H3. The monoisotopic (exact) mass is 341 g/mol. The number of nitrogens with one attached hydrogen (secondary N) is 1. The second kappa shape index (κ2) is 6.34. The van der Waals surface area contributed by atoms with Gasteiger partial charge in [-0.25, -0.2) is 5.43 Å². The van der Waals surface area contributed by atoms with Crippen molar-refractivity contribution in [1.82, 2.24) is 10.4 Å². The SMILES string of the molecule is COc1cccnc1C(NN)c1cc(Cl)ccc1Br. The minimum absolute atomic E-state index is 0.316. The first kappa shape index (κ1) is 14.3. The van der Waals surface area contributed by atoms with Crippen LogP contribution in [0.15, 0.2) is 41.0 Å². The first-order valence-electron chi connectivity index (χ1n) is 5.57. The highest BCUT2D eigenvalue weighted by Crippen LogP contribution is 2.33. The molecule has 2 rings (SSSR count). The van der Waals surface area contributed by atoms with E-state index >= 15 is 0 Å². The molecular formula is C13H13BrClN3O. The van der Waals surface area contributed by atoms with Crippen molar-refractivity contribution < 1.29 is 4.74 Å². The highest BCUT2D eigenvalue weighted by molar-refractivity contribution is 9.10. The lowest BCUT2D eigenvalue weighted by atomic mass is 10.0. The molecule has 0 radical (unpaired) electrons. The number of ether oxygens (including phenoxy) is 1. The molecule has 19 heavy (non-hydrogen) atoms. The van der Waals surface area contributed by atoms with Crippen molar-refractivity contribution >= 4 is 27.5 Å². The molecule has 0 bridgehead atoms. The second-order valence-corrected chi connectivity index (χ2v) is 5.15. The van der Waals surface area contributed by atoms with Gasteiger partial charge in [-0.2, -0.15) is 0 Å². The van der Waals surface area contributed by atoms with E-state index in [9.17, 15) is 0 Å². The molecule has 0 amide bonds. The van der Waals surface area contributed by atoms with E-state index in [4.69, 9.17) is 22.2 Å². The Morgan fingerprint density at radius 3 is 2.89 bits per heavy atom. The minimum atomic E-state index is -0.316. The molecule has 0 aliphatic rings. The van der Waals surface area contributed by atoms with Crippen LogP contribution < -0.4 is 16.0 Å². The van der Waals surface area contributed by atoms with Crippen LogP contribution in [-0.2, 0) is 0 Å². The van der Waals surface area contributed by atoms with Gasteiger partial charge in [-0.1, -0.05) is 27.5 Å². The molecule has 0 saturated carbocycles. The van der Waals surface area contributed by atoms with Crippen LogP contribution in [0.5, 0.6) is 5.75 Å². The van der Waals surface area contributed by atoms with Crippen molar-refractivity contribution in [2.75, 3.05) is 7.11 Å². The molecule has 1 aromatic carbocycles. The molecule has 0 spiro atoms. The summed E-state index contributed by atoms with van der Waals surface area (Å²) in [4.78, 5) is 4.34. The smallest absolute Gasteiger partial charge is 0.142 e. The zero-order valence-electron chi connectivity index (χ0n) is 10.2. The molecule has 0 saturated heterocycles. The Kier molecular flexibility index (Phi) is 4.76. The molecule has 100 valence electrons. The number of pyridine rings is 1. The van der Waals surface area contributed by atoms with Crippen LogP contribution in [0.1, 0.15) is 17.3 Å². The molecule has 0 aliphatic carbocycles. The predicted octanol–water partition coefficient (Wildman–Crippen LogP) is 3.06. The summed E-state index contributed by atoms with van der Waals surface area (Å²) in [5.41, 5.74) is 4.35. The van der Waals surface area contributed by atoms with Gasteiger partial charge in [0, 0.05) is 15.7 Å². The highest BCUT2D eigenvalue weighted by atomic mass is 79.9. The zero-order valence-corrected chi connectivity index (χ0v) is 12.6. The van der Waals surface area contributed by atoms with Gasteiger partial charge in [0.2, 0.25) is 0 Å². The van der Waals surface area contributed by atoms with Crippen LogP contribution >= 0.6 is 27.5 Å². The van der Waals surface area contributed by atoms with Crippen molar-refractivity contribution in [3.05, 3.63) is 57.3 Å². The Hall–Kier alpha value is -1.14. The van der Waals surface area contributed by atoms with Crippen molar-refractivity contribution in [3.63, 3.8) is 0 Å². The van der Waals surface area contributed by atoms with E-state index in [1.54, 1.807) is 19.4 Å². The van der Waals surface area contributed by atoms with E-state index in [0.29, 0.717) is 16.5 Å². The van der Waals surface area contributed by atoms with Crippen LogP contribution in [0.25, 0.3) is 0 Å². The van der Waals surface area contributed by atoms with Gasteiger partial charge >= 0.3 is 0 Å². The molecule has 3 N–H and O–H groups in total. The molecule has 0 fully saturated rings. The van der Waals surface area contributed by atoms with Gasteiger partial charge in [-0.15, -0.1) is 0 Å². The maximum atomic E-state index is 6.04. The Morgan fingerprint density at radius 2 is 2.21 bits per heavy atom. The van der Waals surface area contributed by atoms with Gasteiger partial charge in [0.25, 0.3) is 0 Å². The van der Waals surface area contributed by atoms with Crippen LogP contribution in [0, 0.1) is 0 Å². The highest BCUT2D eigenvalue weighted by Gasteiger charge is 2.20. The van der Waals surface area contributed by atoms with Crippen LogP contribution in [0.3, 0.4) is 0 Å². The van der Waals surface area contributed by atoms with Gasteiger partial charge in [-0.05, 0) is 35.9 Å². The van der Waals surface area contributed by atoms with Gasteiger partial charge in [-0.3, -0.25) is 10.8 Å². The van der Waals surface area contributed by atoms with Crippen molar-refractivity contribution in [2.24, 2.45) is 5.84 Å². The number of hydrogen-bond acceptors (Lipinski definition) is 4. The summed E-state index contributed by atoms with van der Waals surface area (Å²) in [5, 5.41) is 0.633. The molecule has 2 aromatic rings. The van der Waals surface area contributed by atoms with Crippen LogP contribution in [0.2, 0.25) is 5.02 Å². The van der Waals surface area contributed by atoms with Crippen molar-refractivity contribution in [3.8, 4) is 5.75 Å². The predicted molar refractivity (Wildman–Crippen MR) is 79.1 cm³/mol.